The summed E-state index contributed by atoms with van der Waals surface area (Å²) in [5.41, 5.74) is 5.72. The highest BCUT2D eigenvalue weighted by Crippen LogP contribution is 2.35. The molecule has 0 N–H and O–H groups in total. The molecular formula is C22H22BrN. The lowest BCUT2D eigenvalue weighted by Gasteiger charge is -2.37. The average molecular weight is 380 g/mol. The Kier molecular flexibility index (Phi) is 5.49. The summed E-state index contributed by atoms with van der Waals surface area (Å²) in [6.45, 7) is 2.10. The van der Waals surface area contributed by atoms with Gasteiger partial charge in [-0.05, 0) is 28.7 Å². The molecule has 0 saturated heterocycles. The van der Waals surface area contributed by atoms with Gasteiger partial charge in [-0.1, -0.05) is 84.9 Å². The van der Waals surface area contributed by atoms with Crippen LogP contribution in [0.4, 0.5) is 0 Å². The summed E-state index contributed by atoms with van der Waals surface area (Å²) < 4.78 is 0. The topological polar surface area (TPSA) is 3.24 Å². The minimum atomic E-state index is 0. The number of fused-ring (bicyclic) bond motifs is 1. The molecule has 0 spiro atoms. The molecule has 0 radical (unpaired) electrons. The number of hydrogen-bond donors (Lipinski definition) is 0. The van der Waals surface area contributed by atoms with Gasteiger partial charge in [0.25, 0.3) is 0 Å². The summed E-state index contributed by atoms with van der Waals surface area (Å²) in [5, 5.41) is 0. The van der Waals surface area contributed by atoms with Crippen molar-refractivity contribution in [2.75, 3.05) is 6.54 Å². The Morgan fingerprint density at radius 1 is 0.750 bits per heavy atom. The number of rotatable bonds is 3. The largest absolute Gasteiger partial charge is 0.288 e. The van der Waals surface area contributed by atoms with Crippen molar-refractivity contribution in [3.05, 3.63) is 107 Å². The van der Waals surface area contributed by atoms with Crippen molar-refractivity contribution >= 4 is 17.0 Å². The van der Waals surface area contributed by atoms with Gasteiger partial charge in [0.2, 0.25) is 0 Å². The van der Waals surface area contributed by atoms with E-state index in [-0.39, 0.29) is 17.0 Å². The van der Waals surface area contributed by atoms with E-state index in [0.29, 0.717) is 6.04 Å². The third-order valence-electron chi connectivity index (χ3n) is 4.73. The Hall–Kier alpha value is -1.90. The molecule has 0 fully saturated rings. The maximum absolute atomic E-state index is 2.60. The fraction of sp³-hybridized carbons (Fsp3) is 0.182. The monoisotopic (exact) mass is 379 g/mol. The summed E-state index contributed by atoms with van der Waals surface area (Å²) in [6, 6.07) is 30.9. The average Bonchev–Trinajstić information content (AvgIpc) is 2.63. The van der Waals surface area contributed by atoms with Gasteiger partial charge in [0.1, 0.15) is 0 Å². The summed E-state index contributed by atoms with van der Waals surface area (Å²) in [7, 11) is 0. The molecule has 3 aromatic rings. The van der Waals surface area contributed by atoms with Gasteiger partial charge in [-0.2, -0.15) is 0 Å². The minimum absolute atomic E-state index is 0. The van der Waals surface area contributed by atoms with E-state index in [1.54, 1.807) is 0 Å². The molecule has 0 aromatic heterocycles. The fourth-order valence-electron chi connectivity index (χ4n) is 3.63. The Bertz CT molecular complexity index is 770. The van der Waals surface area contributed by atoms with Gasteiger partial charge in [-0.25, -0.2) is 0 Å². The molecule has 1 nitrogen and oxygen atoms in total. The summed E-state index contributed by atoms with van der Waals surface area (Å²) >= 11 is 0. The number of hydrogen-bond acceptors (Lipinski definition) is 1. The van der Waals surface area contributed by atoms with Crippen molar-refractivity contribution in [3.8, 4) is 0 Å². The van der Waals surface area contributed by atoms with Crippen molar-refractivity contribution < 1.29 is 0 Å². The lowest BCUT2D eigenvalue weighted by atomic mass is 9.88. The van der Waals surface area contributed by atoms with Crippen LogP contribution < -0.4 is 0 Å². The Labute approximate surface area is 154 Å². The molecule has 122 valence electrons. The zero-order valence-electron chi connectivity index (χ0n) is 13.6. The normalized spacial score (nSPS) is 16.9. The van der Waals surface area contributed by atoms with Crippen LogP contribution in [-0.4, -0.2) is 11.4 Å². The van der Waals surface area contributed by atoms with Gasteiger partial charge >= 0.3 is 0 Å². The second-order valence-electron chi connectivity index (χ2n) is 6.22. The molecule has 1 heterocycles. The molecule has 0 bridgehead atoms. The zero-order chi connectivity index (χ0) is 15.5. The summed E-state index contributed by atoms with van der Waals surface area (Å²) in [4.78, 5) is 2.60. The Morgan fingerprint density at radius 3 is 2.12 bits per heavy atom. The Morgan fingerprint density at radius 2 is 1.38 bits per heavy atom. The van der Waals surface area contributed by atoms with Crippen LogP contribution in [0.1, 0.15) is 28.3 Å². The van der Waals surface area contributed by atoms with E-state index in [2.05, 4.69) is 89.8 Å². The van der Waals surface area contributed by atoms with E-state index in [4.69, 9.17) is 0 Å². The molecule has 3 aromatic carbocycles. The van der Waals surface area contributed by atoms with Crippen molar-refractivity contribution in [2.45, 2.75) is 19.0 Å². The maximum Gasteiger partial charge on any atom is 0.0607 e. The first-order valence-corrected chi connectivity index (χ1v) is 8.32. The second-order valence-corrected chi connectivity index (χ2v) is 6.22. The van der Waals surface area contributed by atoms with Crippen molar-refractivity contribution in [1.29, 1.82) is 0 Å². The molecular weight excluding hydrogens is 358 g/mol. The molecule has 2 heteroatoms. The first-order chi connectivity index (χ1) is 11.4. The van der Waals surface area contributed by atoms with E-state index in [9.17, 15) is 0 Å². The smallest absolute Gasteiger partial charge is 0.0607 e. The molecule has 1 atom stereocenters. The fourth-order valence-corrected chi connectivity index (χ4v) is 3.63. The lowest BCUT2D eigenvalue weighted by Crippen LogP contribution is -2.35. The third kappa shape index (κ3) is 3.45. The van der Waals surface area contributed by atoms with E-state index in [1.807, 2.05) is 0 Å². The predicted octanol–water partition coefficient (Wildman–Crippen LogP) is 5.41. The highest BCUT2D eigenvalue weighted by atomic mass is 79.9. The molecule has 1 aliphatic rings. The predicted molar refractivity (Wildman–Crippen MR) is 106 cm³/mol. The van der Waals surface area contributed by atoms with Gasteiger partial charge in [0.05, 0.1) is 6.04 Å². The molecule has 0 amide bonds. The lowest BCUT2D eigenvalue weighted by molar-refractivity contribution is 0.204. The first-order valence-electron chi connectivity index (χ1n) is 8.32. The van der Waals surface area contributed by atoms with E-state index in [0.717, 1.165) is 19.5 Å². The van der Waals surface area contributed by atoms with Crippen LogP contribution >= 0.6 is 17.0 Å². The van der Waals surface area contributed by atoms with Crippen LogP contribution in [0.5, 0.6) is 0 Å². The summed E-state index contributed by atoms with van der Waals surface area (Å²) in [6.07, 6.45) is 1.13. The van der Waals surface area contributed by atoms with Gasteiger partial charge in [0, 0.05) is 13.1 Å². The van der Waals surface area contributed by atoms with Crippen LogP contribution in [-0.2, 0) is 13.0 Å². The molecule has 4 rings (SSSR count). The number of nitrogens with zero attached hydrogens (tertiary/aromatic N) is 1. The van der Waals surface area contributed by atoms with E-state index >= 15 is 0 Å². The standard InChI is InChI=1S/C22H21N.BrH/c1-3-9-18(10-4-1)17-23-16-15-19-11-7-8-14-21(19)22(23)20-12-5-2-6-13-20;/h1-14,22H,15-17H2;1H. The quantitative estimate of drug-likeness (QED) is 0.587. The van der Waals surface area contributed by atoms with Crippen LogP contribution in [0.3, 0.4) is 0 Å². The van der Waals surface area contributed by atoms with Crippen molar-refractivity contribution in [3.63, 3.8) is 0 Å². The zero-order valence-corrected chi connectivity index (χ0v) is 15.4. The van der Waals surface area contributed by atoms with E-state index in [1.165, 1.54) is 22.3 Å². The molecule has 1 aliphatic heterocycles. The Balaban J connectivity index is 0.00000169. The molecule has 0 saturated carbocycles. The van der Waals surface area contributed by atoms with Gasteiger partial charge in [-0.15, -0.1) is 17.0 Å². The summed E-state index contributed by atoms with van der Waals surface area (Å²) in [5.74, 6) is 0. The highest BCUT2D eigenvalue weighted by Gasteiger charge is 2.28. The van der Waals surface area contributed by atoms with Crippen LogP contribution in [0.15, 0.2) is 84.9 Å². The highest BCUT2D eigenvalue weighted by molar-refractivity contribution is 8.93. The van der Waals surface area contributed by atoms with Gasteiger partial charge < -0.3 is 0 Å². The molecule has 1 unspecified atom stereocenters. The van der Waals surface area contributed by atoms with Gasteiger partial charge in [-0.3, -0.25) is 4.90 Å². The number of benzene rings is 3. The second kappa shape index (κ2) is 7.78. The van der Waals surface area contributed by atoms with Crippen LogP contribution in [0.2, 0.25) is 0 Å². The SMILES string of the molecule is Br.c1ccc(CN2CCc3ccccc3C2c2ccccc2)cc1. The number of halogens is 1. The maximum atomic E-state index is 2.60. The first kappa shape index (κ1) is 16.9. The third-order valence-corrected chi connectivity index (χ3v) is 4.73. The molecule has 24 heavy (non-hydrogen) atoms. The van der Waals surface area contributed by atoms with Crippen molar-refractivity contribution in [2.24, 2.45) is 0 Å². The van der Waals surface area contributed by atoms with Gasteiger partial charge in [0.15, 0.2) is 0 Å². The van der Waals surface area contributed by atoms with Crippen LogP contribution in [0.25, 0.3) is 0 Å². The minimum Gasteiger partial charge on any atom is -0.288 e. The van der Waals surface area contributed by atoms with E-state index < -0.39 is 0 Å². The van der Waals surface area contributed by atoms with Crippen LogP contribution in [0, 0.1) is 0 Å². The van der Waals surface area contributed by atoms with Crippen molar-refractivity contribution in [1.82, 2.24) is 4.90 Å². The molecule has 0 aliphatic carbocycles.